The molecule has 1 aliphatic carbocycles. The zero-order valence-corrected chi connectivity index (χ0v) is 17.0. The van der Waals surface area contributed by atoms with E-state index in [1.807, 2.05) is 37.3 Å². The van der Waals surface area contributed by atoms with Crippen molar-refractivity contribution in [1.82, 2.24) is 5.32 Å². The Balaban J connectivity index is 1.42. The maximum atomic E-state index is 12.6. The summed E-state index contributed by atoms with van der Waals surface area (Å²) in [5.41, 5.74) is 2.97. The summed E-state index contributed by atoms with van der Waals surface area (Å²) in [6, 6.07) is 15.6. The van der Waals surface area contributed by atoms with Gasteiger partial charge in [-0.1, -0.05) is 48.0 Å². The fourth-order valence-electron chi connectivity index (χ4n) is 3.70. The fourth-order valence-corrected chi connectivity index (χ4v) is 3.87. The van der Waals surface area contributed by atoms with Gasteiger partial charge >= 0.3 is 0 Å². The molecule has 0 aliphatic heterocycles. The second-order valence-electron chi connectivity index (χ2n) is 7.52. The van der Waals surface area contributed by atoms with E-state index in [9.17, 15) is 9.59 Å². The predicted molar refractivity (Wildman–Crippen MR) is 113 cm³/mol. The monoisotopic (exact) mass is 398 g/mol. The number of hydrogen-bond acceptors (Lipinski definition) is 2. The molecule has 0 heterocycles. The maximum absolute atomic E-state index is 12.6. The predicted octanol–water partition coefficient (Wildman–Crippen LogP) is 4.75. The normalized spacial score (nSPS) is 19.1. The summed E-state index contributed by atoms with van der Waals surface area (Å²) in [6.45, 7) is 2.60. The summed E-state index contributed by atoms with van der Waals surface area (Å²) in [4.78, 5) is 25.0. The summed E-state index contributed by atoms with van der Waals surface area (Å²) in [5, 5.41) is 6.65. The van der Waals surface area contributed by atoms with Crippen molar-refractivity contribution in [3.8, 4) is 0 Å². The van der Waals surface area contributed by atoms with Crippen LogP contribution < -0.4 is 10.6 Å². The van der Waals surface area contributed by atoms with Gasteiger partial charge in [-0.25, -0.2) is 0 Å². The Morgan fingerprint density at radius 1 is 0.964 bits per heavy atom. The van der Waals surface area contributed by atoms with Gasteiger partial charge in [-0.05, 0) is 62.3 Å². The highest BCUT2D eigenvalue weighted by atomic mass is 35.5. The van der Waals surface area contributed by atoms with Gasteiger partial charge in [0.15, 0.2) is 0 Å². The molecule has 3 rings (SSSR count). The second-order valence-corrected chi connectivity index (χ2v) is 7.96. The Morgan fingerprint density at radius 3 is 2.29 bits per heavy atom. The minimum atomic E-state index is -0.0493. The molecule has 0 bridgehead atoms. The van der Waals surface area contributed by atoms with Crippen LogP contribution in [0.5, 0.6) is 0 Å². The van der Waals surface area contributed by atoms with Gasteiger partial charge in [0.25, 0.3) is 0 Å². The molecule has 1 saturated carbocycles. The molecule has 0 radical (unpaired) electrons. The van der Waals surface area contributed by atoms with Crippen molar-refractivity contribution in [2.45, 2.75) is 39.0 Å². The number of rotatable bonds is 6. The maximum Gasteiger partial charge on any atom is 0.227 e. The first-order valence-electron chi connectivity index (χ1n) is 9.91. The minimum Gasteiger partial charge on any atom is -0.356 e. The van der Waals surface area contributed by atoms with Gasteiger partial charge in [-0.2, -0.15) is 0 Å². The van der Waals surface area contributed by atoms with Crippen LogP contribution in [0.2, 0.25) is 5.02 Å². The number of aryl methyl sites for hydroxylation is 1. The fraction of sp³-hybridized carbons (Fsp3) is 0.391. The number of anilines is 1. The van der Waals surface area contributed by atoms with E-state index in [1.165, 1.54) is 5.56 Å². The summed E-state index contributed by atoms with van der Waals surface area (Å²) in [7, 11) is 0. The first-order chi connectivity index (χ1) is 13.5. The molecule has 148 valence electrons. The lowest BCUT2D eigenvalue weighted by Crippen LogP contribution is -2.36. The van der Waals surface area contributed by atoms with Crippen molar-refractivity contribution in [3.63, 3.8) is 0 Å². The van der Waals surface area contributed by atoms with Crippen molar-refractivity contribution >= 4 is 29.1 Å². The van der Waals surface area contributed by atoms with Crippen LogP contribution in [0.15, 0.2) is 48.5 Å². The van der Waals surface area contributed by atoms with Crippen molar-refractivity contribution < 1.29 is 9.59 Å². The number of carbonyl (C=O) groups is 2. The SMILES string of the molecule is Cc1ccc(Cl)cc1NC(=O)C1CCC(C(=O)NCCc2ccccc2)CC1. The van der Waals surface area contributed by atoms with E-state index in [-0.39, 0.29) is 23.7 Å². The number of nitrogens with one attached hydrogen (secondary N) is 2. The molecular weight excluding hydrogens is 372 g/mol. The molecule has 0 spiro atoms. The number of hydrogen-bond donors (Lipinski definition) is 2. The highest BCUT2D eigenvalue weighted by Gasteiger charge is 2.30. The first-order valence-corrected chi connectivity index (χ1v) is 10.3. The molecule has 0 unspecified atom stereocenters. The van der Waals surface area contributed by atoms with E-state index in [4.69, 9.17) is 11.6 Å². The van der Waals surface area contributed by atoms with Gasteiger partial charge in [0.1, 0.15) is 0 Å². The first kappa shape index (κ1) is 20.4. The lowest BCUT2D eigenvalue weighted by Gasteiger charge is -2.27. The van der Waals surface area contributed by atoms with E-state index < -0.39 is 0 Å². The average Bonchev–Trinajstić information content (AvgIpc) is 2.71. The number of amides is 2. The van der Waals surface area contributed by atoms with Gasteiger partial charge < -0.3 is 10.6 Å². The molecule has 1 aliphatic rings. The van der Waals surface area contributed by atoms with Crippen LogP contribution >= 0.6 is 11.6 Å². The summed E-state index contributed by atoms with van der Waals surface area (Å²) >= 11 is 6.03. The van der Waals surface area contributed by atoms with Crippen LogP contribution in [0, 0.1) is 18.8 Å². The molecular formula is C23H27ClN2O2. The highest BCUT2D eigenvalue weighted by molar-refractivity contribution is 6.31. The molecule has 2 amide bonds. The van der Waals surface area contributed by atoms with Crippen molar-refractivity contribution in [2.75, 3.05) is 11.9 Å². The standard InChI is InChI=1S/C23H27ClN2O2/c1-16-7-12-20(24)15-21(16)26-23(28)19-10-8-18(9-11-19)22(27)25-14-13-17-5-3-2-4-6-17/h2-7,12,15,18-19H,8-11,13-14H2,1H3,(H,25,27)(H,26,28). The third-order valence-electron chi connectivity index (χ3n) is 5.48. The topological polar surface area (TPSA) is 58.2 Å². The third-order valence-corrected chi connectivity index (χ3v) is 5.72. The van der Waals surface area contributed by atoms with Gasteiger partial charge in [0, 0.05) is 29.1 Å². The largest absolute Gasteiger partial charge is 0.356 e. The molecule has 0 saturated heterocycles. The second kappa shape index (κ2) is 9.74. The Kier molecular flexibility index (Phi) is 7.10. The highest BCUT2D eigenvalue weighted by Crippen LogP contribution is 2.30. The van der Waals surface area contributed by atoms with Crippen LogP contribution in [-0.4, -0.2) is 18.4 Å². The van der Waals surface area contributed by atoms with Crippen molar-refractivity contribution in [2.24, 2.45) is 11.8 Å². The molecule has 1 fully saturated rings. The van der Waals surface area contributed by atoms with Gasteiger partial charge in [0.05, 0.1) is 0 Å². The van der Waals surface area contributed by atoms with Gasteiger partial charge in [0.2, 0.25) is 11.8 Å². The molecule has 2 N–H and O–H groups in total. The molecule has 0 atom stereocenters. The van der Waals surface area contributed by atoms with Gasteiger partial charge in [-0.15, -0.1) is 0 Å². The Labute approximate surface area is 171 Å². The quantitative estimate of drug-likeness (QED) is 0.737. The van der Waals surface area contributed by atoms with E-state index in [1.54, 1.807) is 6.07 Å². The van der Waals surface area contributed by atoms with Crippen LogP contribution in [0.3, 0.4) is 0 Å². The summed E-state index contributed by atoms with van der Waals surface area (Å²) in [5.74, 6) is 0.0910. The molecule has 2 aromatic carbocycles. The molecule has 5 heteroatoms. The smallest absolute Gasteiger partial charge is 0.227 e. The lowest BCUT2D eigenvalue weighted by atomic mass is 9.81. The van der Waals surface area contributed by atoms with Crippen LogP contribution in [0.1, 0.15) is 36.8 Å². The summed E-state index contributed by atoms with van der Waals surface area (Å²) < 4.78 is 0. The van der Waals surface area contributed by atoms with E-state index in [0.717, 1.165) is 43.4 Å². The average molecular weight is 399 g/mol. The Hall–Kier alpha value is -2.33. The molecule has 4 nitrogen and oxygen atoms in total. The van der Waals surface area contributed by atoms with E-state index in [0.29, 0.717) is 11.6 Å². The van der Waals surface area contributed by atoms with E-state index in [2.05, 4.69) is 22.8 Å². The molecule has 2 aromatic rings. The number of benzene rings is 2. The van der Waals surface area contributed by atoms with Crippen molar-refractivity contribution in [3.05, 3.63) is 64.7 Å². The zero-order valence-electron chi connectivity index (χ0n) is 16.2. The lowest BCUT2D eigenvalue weighted by molar-refractivity contribution is -0.128. The van der Waals surface area contributed by atoms with Crippen LogP contribution in [0.25, 0.3) is 0 Å². The van der Waals surface area contributed by atoms with Crippen molar-refractivity contribution in [1.29, 1.82) is 0 Å². The number of carbonyl (C=O) groups excluding carboxylic acids is 2. The molecule has 28 heavy (non-hydrogen) atoms. The third kappa shape index (κ3) is 5.59. The Bertz CT molecular complexity index is 815. The minimum absolute atomic E-state index is 0.00716. The van der Waals surface area contributed by atoms with Gasteiger partial charge in [-0.3, -0.25) is 9.59 Å². The molecule has 0 aromatic heterocycles. The summed E-state index contributed by atoms with van der Waals surface area (Å²) in [6.07, 6.45) is 3.82. The van der Waals surface area contributed by atoms with Crippen LogP contribution in [0.4, 0.5) is 5.69 Å². The number of halogens is 1. The Morgan fingerprint density at radius 2 is 1.61 bits per heavy atom. The zero-order chi connectivity index (χ0) is 19.9. The van der Waals surface area contributed by atoms with E-state index >= 15 is 0 Å². The van der Waals surface area contributed by atoms with Crippen LogP contribution in [-0.2, 0) is 16.0 Å².